The number of hydrogen-bond acceptors (Lipinski definition) is 3. The highest BCUT2D eigenvalue weighted by molar-refractivity contribution is 5.91. The number of rotatable bonds is 1. The van der Waals surface area contributed by atoms with E-state index >= 15 is 0 Å². The predicted octanol–water partition coefficient (Wildman–Crippen LogP) is 3.17. The highest BCUT2D eigenvalue weighted by atomic mass is 16.3. The lowest BCUT2D eigenvalue weighted by molar-refractivity contribution is -0.119. The molecule has 3 saturated carbocycles. The molecular formula is C21H31NO2. The topological polar surface area (TPSA) is 40.3 Å². The van der Waals surface area contributed by atoms with Gasteiger partial charge in [-0.25, -0.2) is 0 Å². The maximum Gasteiger partial charge on any atom is 0.155 e. The van der Waals surface area contributed by atoms with Crippen molar-refractivity contribution >= 4 is 5.78 Å². The van der Waals surface area contributed by atoms with Gasteiger partial charge in [-0.1, -0.05) is 19.4 Å². The molecule has 1 saturated heterocycles. The van der Waals surface area contributed by atoms with Crippen molar-refractivity contribution in [1.29, 1.82) is 0 Å². The Morgan fingerprint density at radius 1 is 1.12 bits per heavy atom. The van der Waals surface area contributed by atoms with Crippen molar-refractivity contribution in [1.82, 2.24) is 4.90 Å². The van der Waals surface area contributed by atoms with E-state index in [4.69, 9.17) is 0 Å². The molecule has 0 spiro atoms. The Hall–Kier alpha value is -0.670. The van der Waals surface area contributed by atoms with Crippen molar-refractivity contribution in [2.45, 2.75) is 70.9 Å². The van der Waals surface area contributed by atoms with E-state index in [1.165, 1.54) is 37.9 Å². The van der Waals surface area contributed by atoms with Gasteiger partial charge in [0.05, 0.1) is 6.10 Å². The van der Waals surface area contributed by atoms with Gasteiger partial charge in [0.15, 0.2) is 5.78 Å². The fourth-order valence-corrected chi connectivity index (χ4v) is 7.26. The molecule has 4 fully saturated rings. The number of aliphatic hydroxyl groups excluding tert-OH is 1. The Kier molecular flexibility index (Phi) is 3.21. The zero-order chi connectivity index (χ0) is 16.7. The number of ketones is 1. The van der Waals surface area contributed by atoms with Crippen molar-refractivity contribution in [3.63, 3.8) is 0 Å². The number of aliphatic hydroxyl groups is 1. The van der Waals surface area contributed by atoms with Gasteiger partial charge in [-0.05, 0) is 73.2 Å². The van der Waals surface area contributed by atoms with E-state index in [9.17, 15) is 9.90 Å². The summed E-state index contributed by atoms with van der Waals surface area (Å²) in [4.78, 5) is 14.7. The van der Waals surface area contributed by atoms with E-state index in [1.807, 2.05) is 6.08 Å². The van der Waals surface area contributed by atoms with Crippen LogP contribution in [0.15, 0.2) is 11.6 Å². The summed E-state index contributed by atoms with van der Waals surface area (Å²) in [5.74, 6) is 2.45. The van der Waals surface area contributed by atoms with E-state index in [0.29, 0.717) is 23.7 Å². The smallest absolute Gasteiger partial charge is 0.155 e. The molecule has 0 radical (unpaired) electrons. The summed E-state index contributed by atoms with van der Waals surface area (Å²) in [7, 11) is 0. The number of carbonyl (C=O) groups excluding carboxylic acids is 1. The fraction of sp³-hybridized carbons (Fsp3) is 0.857. The van der Waals surface area contributed by atoms with Crippen LogP contribution in [-0.4, -0.2) is 41.0 Å². The molecule has 0 aromatic heterocycles. The van der Waals surface area contributed by atoms with E-state index in [2.05, 4.69) is 18.7 Å². The first-order valence-electron chi connectivity index (χ1n) is 10.1. The average molecular weight is 329 g/mol. The molecular weight excluding hydrogens is 298 g/mol. The van der Waals surface area contributed by atoms with Crippen molar-refractivity contribution in [2.24, 2.45) is 28.6 Å². The molecule has 0 aromatic rings. The second kappa shape index (κ2) is 4.94. The van der Waals surface area contributed by atoms with Crippen LogP contribution in [0.4, 0.5) is 0 Å². The lowest BCUT2D eigenvalue weighted by Gasteiger charge is -2.60. The average Bonchev–Trinajstić information content (AvgIpc) is 3.34. The minimum absolute atomic E-state index is 0.101. The largest absolute Gasteiger partial charge is 0.393 e. The van der Waals surface area contributed by atoms with Crippen molar-refractivity contribution < 1.29 is 9.90 Å². The molecule has 5 aliphatic rings. The van der Waals surface area contributed by atoms with Gasteiger partial charge in [0.25, 0.3) is 0 Å². The second-order valence-electron chi connectivity index (χ2n) is 9.79. The van der Waals surface area contributed by atoms with Gasteiger partial charge in [-0.15, -0.1) is 0 Å². The van der Waals surface area contributed by atoms with Crippen LogP contribution in [0.3, 0.4) is 0 Å². The summed E-state index contributed by atoms with van der Waals surface area (Å²) in [6, 6.07) is 0.621. The van der Waals surface area contributed by atoms with Gasteiger partial charge in [-0.2, -0.15) is 0 Å². The third-order valence-corrected chi connectivity index (χ3v) is 8.88. The van der Waals surface area contributed by atoms with Gasteiger partial charge in [0, 0.05) is 25.6 Å². The van der Waals surface area contributed by atoms with Crippen molar-refractivity contribution in [2.75, 3.05) is 13.1 Å². The van der Waals surface area contributed by atoms with E-state index in [1.54, 1.807) is 0 Å². The molecule has 5 rings (SSSR count). The molecule has 0 unspecified atom stereocenters. The zero-order valence-electron chi connectivity index (χ0n) is 15.1. The summed E-state index contributed by atoms with van der Waals surface area (Å²) in [6.45, 7) is 7.29. The van der Waals surface area contributed by atoms with Gasteiger partial charge in [0.2, 0.25) is 0 Å². The normalized spacial score (nSPS) is 53.9. The second-order valence-corrected chi connectivity index (χ2v) is 9.79. The lowest BCUT2D eigenvalue weighted by Crippen LogP contribution is -2.57. The minimum Gasteiger partial charge on any atom is -0.393 e. The summed E-state index contributed by atoms with van der Waals surface area (Å²) >= 11 is 0. The summed E-state index contributed by atoms with van der Waals surface area (Å²) in [5.41, 5.74) is 1.83. The summed E-state index contributed by atoms with van der Waals surface area (Å²) in [5, 5.41) is 10.7. The molecule has 1 aliphatic heterocycles. The monoisotopic (exact) mass is 329 g/mol. The van der Waals surface area contributed by atoms with Crippen molar-refractivity contribution in [3.8, 4) is 0 Å². The summed E-state index contributed by atoms with van der Waals surface area (Å²) in [6.07, 6.45) is 9.42. The van der Waals surface area contributed by atoms with Gasteiger partial charge < -0.3 is 5.11 Å². The predicted molar refractivity (Wildman–Crippen MR) is 93.5 cm³/mol. The first-order valence-corrected chi connectivity index (χ1v) is 10.1. The number of carbonyl (C=O) groups is 1. The Labute approximate surface area is 145 Å². The third kappa shape index (κ3) is 1.94. The Morgan fingerprint density at radius 2 is 1.92 bits per heavy atom. The van der Waals surface area contributed by atoms with Crippen molar-refractivity contribution in [3.05, 3.63) is 11.6 Å². The van der Waals surface area contributed by atoms with E-state index < -0.39 is 0 Å². The molecule has 1 N–H and O–H groups in total. The molecule has 3 heteroatoms. The van der Waals surface area contributed by atoms with Crippen LogP contribution < -0.4 is 0 Å². The number of fused-ring (bicyclic) bond motifs is 5. The molecule has 7 atom stereocenters. The summed E-state index contributed by atoms with van der Waals surface area (Å²) < 4.78 is 0. The van der Waals surface area contributed by atoms with Crippen LogP contribution in [-0.2, 0) is 4.79 Å². The van der Waals surface area contributed by atoms with E-state index in [0.717, 1.165) is 31.6 Å². The molecule has 0 amide bonds. The molecule has 1 heterocycles. The first kappa shape index (κ1) is 15.6. The highest BCUT2D eigenvalue weighted by Crippen LogP contribution is 2.66. The minimum atomic E-state index is -0.101. The lowest BCUT2D eigenvalue weighted by atomic mass is 9.46. The molecule has 4 aliphatic carbocycles. The first-order chi connectivity index (χ1) is 11.4. The van der Waals surface area contributed by atoms with Crippen LogP contribution in [0.1, 0.15) is 58.8 Å². The molecule has 24 heavy (non-hydrogen) atoms. The van der Waals surface area contributed by atoms with Crippen LogP contribution in [0.2, 0.25) is 0 Å². The standard InChI is InChI=1S/C21H31NO2/c1-20-7-5-14(23)11-13(20)12-17(22-9-10-22)19-15-3-4-18(24)21(15,2)8-6-16(19)20/h11,15-19,24H,3-10,12H2,1-2H3/t15-,16-,17+,18-,19-,20-,21-/m0/s1. The fourth-order valence-electron chi connectivity index (χ4n) is 7.26. The molecule has 3 nitrogen and oxygen atoms in total. The van der Waals surface area contributed by atoms with Crippen LogP contribution >= 0.6 is 0 Å². The third-order valence-electron chi connectivity index (χ3n) is 8.88. The van der Waals surface area contributed by atoms with Crippen LogP contribution in [0.5, 0.6) is 0 Å². The van der Waals surface area contributed by atoms with E-state index in [-0.39, 0.29) is 16.9 Å². The van der Waals surface area contributed by atoms with Gasteiger partial charge in [-0.3, -0.25) is 9.69 Å². The van der Waals surface area contributed by atoms with Crippen LogP contribution in [0, 0.1) is 28.6 Å². The molecule has 0 bridgehead atoms. The quantitative estimate of drug-likeness (QED) is 0.751. The number of hydrogen-bond donors (Lipinski definition) is 1. The highest BCUT2D eigenvalue weighted by Gasteiger charge is 2.62. The van der Waals surface area contributed by atoms with Crippen LogP contribution in [0.25, 0.3) is 0 Å². The Bertz CT molecular complexity index is 609. The Morgan fingerprint density at radius 3 is 2.67 bits per heavy atom. The van der Waals surface area contributed by atoms with Gasteiger partial charge >= 0.3 is 0 Å². The SMILES string of the molecule is C[C@]12CC[C@H]3[C@@H]([C@H](N4CC4)CC4=CC(=O)CC[C@@]43C)[C@@H]1CC[C@@H]2O. The molecule has 132 valence electrons. The maximum atomic E-state index is 12.1. The number of nitrogens with zero attached hydrogens (tertiary/aromatic N) is 1. The Balaban J connectivity index is 1.58. The van der Waals surface area contributed by atoms with Gasteiger partial charge in [0.1, 0.15) is 0 Å². The maximum absolute atomic E-state index is 12.1. The molecule has 0 aromatic carbocycles. The zero-order valence-corrected chi connectivity index (χ0v) is 15.1.